The summed E-state index contributed by atoms with van der Waals surface area (Å²) in [6, 6.07) is 8.20. The molecule has 2 heteroatoms. The van der Waals surface area contributed by atoms with Gasteiger partial charge in [0.15, 0.2) is 0 Å². The largest absolute Gasteiger partial charge is 0.465 e. The zero-order valence-electron chi connectivity index (χ0n) is 12.0. The van der Waals surface area contributed by atoms with E-state index in [-0.39, 0.29) is 5.97 Å². The summed E-state index contributed by atoms with van der Waals surface area (Å²) in [7, 11) is 0. The molecule has 1 aromatic rings. The van der Waals surface area contributed by atoms with Crippen molar-refractivity contribution >= 4 is 5.97 Å². The molecule has 0 heterocycles. The predicted octanol–water partition coefficient (Wildman–Crippen LogP) is 4.01. The SMILES string of the molecule is CCCCC(C)(C(=O)OCC)c1ccc(C)cc1. The molecule has 0 N–H and O–H groups in total. The average molecular weight is 248 g/mol. The highest BCUT2D eigenvalue weighted by molar-refractivity contribution is 5.82. The predicted molar refractivity (Wildman–Crippen MR) is 74.7 cm³/mol. The number of esters is 1. The summed E-state index contributed by atoms with van der Waals surface area (Å²) in [6.45, 7) is 8.48. The normalized spacial score (nSPS) is 14.0. The van der Waals surface area contributed by atoms with Crippen LogP contribution in [0.3, 0.4) is 0 Å². The van der Waals surface area contributed by atoms with Gasteiger partial charge in [0.25, 0.3) is 0 Å². The number of ether oxygens (including phenoxy) is 1. The van der Waals surface area contributed by atoms with Crippen LogP contribution in [0.1, 0.15) is 51.2 Å². The second-order valence-electron chi connectivity index (χ2n) is 5.02. The van der Waals surface area contributed by atoms with Crippen LogP contribution >= 0.6 is 0 Å². The molecule has 1 rings (SSSR count). The second kappa shape index (κ2) is 6.58. The zero-order chi connectivity index (χ0) is 13.6. The standard InChI is InChI=1S/C16H24O2/c1-5-7-12-16(4,15(17)18-6-2)14-10-8-13(3)9-11-14/h8-11H,5-7,12H2,1-4H3. The maximum Gasteiger partial charge on any atom is 0.316 e. The summed E-state index contributed by atoms with van der Waals surface area (Å²) < 4.78 is 5.25. The summed E-state index contributed by atoms with van der Waals surface area (Å²) in [5.41, 5.74) is 1.75. The van der Waals surface area contributed by atoms with Crippen molar-refractivity contribution in [1.29, 1.82) is 0 Å². The summed E-state index contributed by atoms with van der Waals surface area (Å²) in [5.74, 6) is -0.109. The molecule has 1 aromatic carbocycles. The van der Waals surface area contributed by atoms with Crippen molar-refractivity contribution < 1.29 is 9.53 Å². The van der Waals surface area contributed by atoms with Gasteiger partial charge in [0, 0.05) is 0 Å². The fourth-order valence-corrected chi connectivity index (χ4v) is 2.11. The first-order valence-electron chi connectivity index (χ1n) is 6.79. The van der Waals surface area contributed by atoms with Gasteiger partial charge in [0.05, 0.1) is 12.0 Å². The van der Waals surface area contributed by atoms with Gasteiger partial charge in [-0.1, -0.05) is 49.6 Å². The van der Waals surface area contributed by atoms with Crippen LogP contribution in [0.5, 0.6) is 0 Å². The summed E-state index contributed by atoms with van der Waals surface area (Å²) in [5, 5.41) is 0. The van der Waals surface area contributed by atoms with Gasteiger partial charge in [-0.25, -0.2) is 0 Å². The van der Waals surface area contributed by atoms with Crippen LogP contribution in [0.2, 0.25) is 0 Å². The lowest BCUT2D eigenvalue weighted by Gasteiger charge is -2.27. The molecule has 0 saturated carbocycles. The molecule has 0 amide bonds. The van der Waals surface area contributed by atoms with E-state index in [0.717, 1.165) is 24.8 Å². The van der Waals surface area contributed by atoms with Crippen LogP contribution in [-0.2, 0) is 14.9 Å². The minimum atomic E-state index is -0.514. The smallest absolute Gasteiger partial charge is 0.316 e. The Hall–Kier alpha value is -1.31. The Morgan fingerprint density at radius 2 is 1.83 bits per heavy atom. The van der Waals surface area contributed by atoms with Crippen LogP contribution in [0, 0.1) is 6.92 Å². The number of hydrogen-bond donors (Lipinski definition) is 0. The third kappa shape index (κ3) is 3.34. The maximum absolute atomic E-state index is 12.2. The van der Waals surface area contributed by atoms with Crippen molar-refractivity contribution in [1.82, 2.24) is 0 Å². The number of carbonyl (C=O) groups is 1. The van der Waals surface area contributed by atoms with Crippen molar-refractivity contribution in [3.05, 3.63) is 35.4 Å². The fourth-order valence-electron chi connectivity index (χ4n) is 2.11. The van der Waals surface area contributed by atoms with Crippen LogP contribution in [0.25, 0.3) is 0 Å². The van der Waals surface area contributed by atoms with Gasteiger partial charge in [-0.05, 0) is 32.8 Å². The molecule has 100 valence electrons. The van der Waals surface area contributed by atoms with Gasteiger partial charge in [-0.2, -0.15) is 0 Å². The lowest BCUT2D eigenvalue weighted by molar-refractivity contribution is -0.149. The van der Waals surface area contributed by atoms with Gasteiger partial charge in [-0.3, -0.25) is 4.79 Å². The molecule has 0 aromatic heterocycles. The Labute approximate surface area is 110 Å². The lowest BCUT2D eigenvalue weighted by Crippen LogP contribution is -2.34. The van der Waals surface area contributed by atoms with Gasteiger partial charge < -0.3 is 4.74 Å². The van der Waals surface area contributed by atoms with Crippen molar-refractivity contribution in [3.8, 4) is 0 Å². The molecule has 0 saturated heterocycles. The Morgan fingerprint density at radius 3 is 2.33 bits per heavy atom. The van der Waals surface area contributed by atoms with Gasteiger partial charge >= 0.3 is 5.97 Å². The molecular weight excluding hydrogens is 224 g/mol. The number of unbranched alkanes of at least 4 members (excludes halogenated alkanes) is 1. The average Bonchev–Trinajstić information content (AvgIpc) is 2.37. The Bertz CT molecular complexity index is 381. The van der Waals surface area contributed by atoms with Gasteiger partial charge in [-0.15, -0.1) is 0 Å². The fraction of sp³-hybridized carbons (Fsp3) is 0.562. The molecular formula is C16H24O2. The molecule has 2 nitrogen and oxygen atoms in total. The Balaban J connectivity index is 3.02. The first kappa shape index (κ1) is 14.7. The van der Waals surface area contributed by atoms with E-state index in [0.29, 0.717) is 6.61 Å². The summed E-state index contributed by atoms with van der Waals surface area (Å²) in [4.78, 5) is 12.2. The highest BCUT2D eigenvalue weighted by Gasteiger charge is 2.35. The maximum atomic E-state index is 12.2. The molecule has 1 unspecified atom stereocenters. The molecule has 0 aliphatic carbocycles. The van der Waals surface area contributed by atoms with Crippen molar-refractivity contribution in [3.63, 3.8) is 0 Å². The minimum absolute atomic E-state index is 0.109. The van der Waals surface area contributed by atoms with E-state index in [1.165, 1.54) is 5.56 Å². The van der Waals surface area contributed by atoms with E-state index in [4.69, 9.17) is 4.74 Å². The van der Waals surface area contributed by atoms with E-state index in [9.17, 15) is 4.79 Å². The van der Waals surface area contributed by atoms with Crippen molar-refractivity contribution in [2.45, 2.75) is 52.4 Å². The third-order valence-electron chi connectivity index (χ3n) is 3.44. The number of rotatable bonds is 6. The Kier molecular flexibility index (Phi) is 5.39. The van der Waals surface area contributed by atoms with Crippen LogP contribution in [-0.4, -0.2) is 12.6 Å². The van der Waals surface area contributed by atoms with Crippen LogP contribution in [0.15, 0.2) is 24.3 Å². The highest BCUT2D eigenvalue weighted by Crippen LogP contribution is 2.31. The summed E-state index contributed by atoms with van der Waals surface area (Å²) in [6.07, 6.45) is 2.95. The zero-order valence-corrected chi connectivity index (χ0v) is 12.0. The van der Waals surface area contributed by atoms with E-state index < -0.39 is 5.41 Å². The highest BCUT2D eigenvalue weighted by atomic mass is 16.5. The number of carbonyl (C=O) groups excluding carboxylic acids is 1. The molecule has 0 fully saturated rings. The lowest BCUT2D eigenvalue weighted by atomic mass is 9.78. The monoisotopic (exact) mass is 248 g/mol. The first-order chi connectivity index (χ1) is 8.54. The van der Waals surface area contributed by atoms with E-state index >= 15 is 0 Å². The number of hydrogen-bond acceptors (Lipinski definition) is 2. The van der Waals surface area contributed by atoms with Gasteiger partial charge in [0.2, 0.25) is 0 Å². The van der Waals surface area contributed by atoms with Crippen LogP contribution < -0.4 is 0 Å². The molecule has 0 aliphatic rings. The van der Waals surface area contributed by atoms with Crippen LogP contribution in [0.4, 0.5) is 0 Å². The van der Waals surface area contributed by atoms with E-state index in [1.807, 2.05) is 26.0 Å². The molecule has 0 bridgehead atoms. The van der Waals surface area contributed by atoms with E-state index in [1.54, 1.807) is 0 Å². The van der Waals surface area contributed by atoms with Gasteiger partial charge in [0.1, 0.15) is 0 Å². The number of aryl methyl sites for hydroxylation is 1. The molecule has 0 aliphatic heterocycles. The van der Waals surface area contributed by atoms with Crippen molar-refractivity contribution in [2.75, 3.05) is 6.61 Å². The Morgan fingerprint density at radius 1 is 1.22 bits per heavy atom. The molecule has 0 spiro atoms. The molecule has 1 atom stereocenters. The topological polar surface area (TPSA) is 26.3 Å². The summed E-state index contributed by atoms with van der Waals surface area (Å²) >= 11 is 0. The van der Waals surface area contributed by atoms with E-state index in [2.05, 4.69) is 26.0 Å². The minimum Gasteiger partial charge on any atom is -0.465 e. The van der Waals surface area contributed by atoms with Crippen molar-refractivity contribution in [2.24, 2.45) is 0 Å². The molecule has 0 radical (unpaired) electrons. The number of benzene rings is 1. The second-order valence-corrected chi connectivity index (χ2v) is 5.02. The molecule has 18 heavy (non-hydrogen) atoms. The first-order valence-corrected chi connectivity index (χ1v) is 6.79. The quantitative estimate of drug-likeness (QED) is 0.711. The third-order valence-corrected chi connectivity index (χ3v) is 3.44.